The average Bonchev–Trinajstić information content (AvgIpc) is 3.14. The smallest absolute Gasteiger partial charge is 0.222 e. The van der Waals surface area contributed by atoms with E-state index in [0.717, 1.165) is 44.5 Å². The van der Waals surface area contributed by atoms with E-state index in [2.05, 4.69) is 45.6 Å². The lowest BCUT2D eigenvalue weighted by atomic mass is 10.0. The van der Waals surface area contributed by atoms with Gasteiger partial charge in [0.2, 0.25) is 5.91 Å². The standard InChI is InChI=1S/C23H37N5O/c1-19-9-5-6-14-27(19)16-8-13-25-23(24-2)26-17-20-10-3-4-11-21(20)18-28-15-7-12-22(28)29/h3-4,10-11,19H,5-9,12-18H2,1-2H3,(H2,24,25,26). The van der Waals surface area contributed by atoms with Gasteiger partial charge in [0.15, 0.2) is 5.96 Å². The molecule has 1 amide bonds. The number of nitrogens with zero attached hydrogens (tertiary/aromatic N) is 3. The fraction of sp³-hybridized carbons (Fsp3) is 0.652. The first-order chi connectivity index (χ1) is 14.2. The molecular formula is C23H37N5O. The Labute approximate surface area is 175 Å². The lowest BCUT2D eigenvalue weighted by Gasteiger charge is -2.33. The molecule has 2 aliphatic rings. The molecule has 0 spiro atoms. The Bertz CT molecular complexity index is 690. The number of benzene rings is 1. The average molecular weight is 400 g/mol. The van der Waals surface area contributed by atoms with Crippen LogP contribution in [-0.4, -0.2) is 60.9 Å². The van der Waals surface area contributed by atoms with Crippen LogP contribution in [0.3, 0.4) is 0 Å². The van der Waals surface area contributed by atoms with Gasteiger partial charge in [-0.25, -0.2) is 0 Å². The molecule has 160 valence electrons. The number of rotatable bonds is 8. The zero-order chi connectivity index (χ0) is 20.5. The molecule has 6 nitrogen and oxygen atoms in total. The van der Waals surface area contributed by atoms with Gasteiger partial charge in [0, 0.05) is 52.2 Å². The Kier molecular flexibility index (Phi) is 8.35. The minimum atomic E-state index is 0.272. The van der Waals surface area contributed by atoms with Gasteiger partial charge in [0.05, 0.1) is 0 Å². The molecule has 29 heavy (non-hydrogen) atoms. The number of likely N-dealkylation sites (tertiary alicyclic amines) is 2. The summed E-state index contributed by atoms with van der Waals surface area (Å²) in [5.41, 5.74) is 2.43. The van der Waals surface area contributed by atoms with Gasteiger partial charge in [-0.05, 0) is 50.3 Å². The van der Waals surface area contributed by atoms with Gasteiger partial charge in [-0.1, -0.05) is 30.7 Å². The van der Waals surface area contributed by atoms with Crippen LogP contribution in [-0.2, 0) is 17.9 Å². The van der Waals surface area contributed by atoms with Crippen molar-refractivity contribution in [3.63, 3.8) is 0 Å². The van der Waals surface area contributed by atoms with E-state index in [9.17, 15) is 4.79 Å². The summed E-state index contributed by atoms with van der Waals surface area (Å²) in [5, 5.41) is 6.87. The number of aliphatic imine (C=N–C) groups is 1. The van der Waals surface area contributed by atoms with Crippen LogP contribution in [0, 0.1) is 0 Å². The van der Waals surface area contributed by atoms with Gasteiger partial charge in [0.25, 0.3) is 0 Å². The van der Waals surface area contributed by atoms with Crippen molar-refractivity contribution in [2.45, 2.75) is 64.6 Å². The second-order valence-electron chi connectivity index (χ2n) is 8.27. The minimum absolute atomic E-state index is 0.272. The number of amides is 1. The lowest BCUT2D eigenvalue weighted by molar-refractivity contribution is -0.128. The van der Waals surface area contributed by atoms with Crippen LogP contribution in [0.1, 0.15) is 56.6 Å². The van der Waals surface area contributed by atoms with E-state index in [4.69, 9.17) is 0 Å². The van der Waals surface area contributed by atoms with E-state index < -0.39 is 0 Å². The van der Waals surface area contributed by atoms with E-state index in [-0.39, 0.29) is 5.91 Å². The zero-order valence-electron chi connectivity index (χ0n) is 18.1. The molecule has 0 bridgehead atoms. The first-order valence-corrected chi connectivity index (χ1v) is 11.2. The molecule has 2 N–H and O–H groups in total. The molecule has 2 saturated heterocycles. The second-order valence-corrected chi connectivity index (χ2v) is 8.27. The number of nitrogens with one attached hydrogen (secondary N) is 2. The minimum Gasteiger partial charge on any atom is -0.356 e. The Morgan fingerprint density at radius 3 is 2.69 bits per heavy atom. The van der Waals surface area contributed by atoms with Crippen LogP contribution in [0.5, 0.6) is 0 Å². The molecule has 2 fully saturated rings. The van der Waals surface area contributed by atoms with E-state index in [1.807, 2.05) is 18.0 Å². The number of hydrogen-bond donors (Lipinski definition) is 2. The second kappa shape index (κ2) is 11.2. The fourth-order valence-electron chi connectivity index (χ4n) is 4.34. The summed E-state index contributed by atoms with van der Waals surface area (Å²) in [5.74, 6) is 1.11. The predicted octanol–water partition coefficient (Wildman–Crippen LogP) is 2.74. The molecule has 0 aliphatic carbocycles. The molecule has 1 atom stereocenters. The van der Waals surface area contributed by atoms with E-state index in [0.29, 0.717) is 19.5 Å². The van der Waals surface area contributed by atoms with Crippen molar-refractivity contribution >= 4 is 11.9 Å². The first-order valence-electron chi connectivity index (χ1n) is 11.2. The highest BCUT2D eigenvalue weighted by molar-refractivity contribution is 5.79. The van der Waals surface area contributed by atoms with Gasteiger partial charge >= 0.3 is 0 Å². The highest BCUT2D eigenvalue weighted by Crippen LogP contribution is 2.17. The Morgan fingerprint density at radius 2 is 1.97 bits per heavy atom. The van der Waals surface area contributed by atoms with Crippen molar-refractivity contribution in [3.8, 4) is 0 Å². The van der Waals surface area contributed by atoms with Crippen molar-refractivity contribution in [3.05, 3.63) is 35.4 Å². The Morgan fingerprint density at radius 1 is 1.14 bits per heavy atom. The van der Waals surface area contributed by atoms with Crippen LogP contribution >= 0.6 is 0 Å². The molecule has 1 aromatic rings. The van der Waals surface area contributed by atoms with Gasteiger partial charge in [-0.2, -0.15) is 0 Å². The lowest BCUT2D eigenvalue weighted by Crippen LogP contribution is -2.41. The predicted molar refractivity (Wildman–Crippen MR) is 119 cm³/mol. The normalized spacial score (nSPS) is 20.9. The number of hydrogen-bond acceptors (Lipinski definition) is 3. The third-order valence-corrected chi connectivity index (χ3v) is 6.18. The molecule has 6 heteroatoms. The molecule has 0 aromatic heterocycles. The molecule has 0 radical (unpaired) electrons. The number of carbonyl (C=O) groups excluding carboxylic acids is 1. The summed E-state index contributed by atoms with van der Waals surface area (Å²) in [6, 6.07) is 9.09. The maximum atomic E-state index is 12.0. The van der Waals surface area contributed by atoms with Gasteiger partial charge in [-0.15, -0.1) is 0 Å². The van der Waals surface area contributed by atoms with Crippen LogP contribution in [0.4, 0.5) is 0 Å². The van der Waals surface area contributed by atoms with Crippen LogP contribution in [0.15, 0.2) is 29.3 Å². The van der Waals surface area contributed by atoms with Gasteiger partial charge in [-0.3, -0.25) is 9.79 Å². The van der Waals surface area contributed by atoms with Crippen molar-refractivity contribution < 1.29 is 4.79 Å². The zero-order valence-corrected chi connectivity index (χ0v) is 18.1. The van der Waals surface area contributed by atoms with Crippen molar-refractivity contribution in [2.75, 3.05) is 33.2 Å². The topological polar surface area (TPSA) is 60.0 Å². The summed E-state index contributed by atoms with van der Waals surface area (Å²) >= 11 is 0. The summed E-state index contributed by atoms with van der Waals surface area (Å²) in [6.45, 7) is 7.95. The van der Waals surface area contributed by atoms with Gasteiger partial charge in [0.1, 0.15) is 0 Å². The van der Waals surface area contributed by atoms with Crippen LogP contribution < -0.4 is 10.6 Å². The summed E-state index contributed by atoms with van der Waals surface area (Å²) < 4.78 is 0. The first kappa shape index (κ1) is 21.6. The SMILES string of the molecule is CN=C(NCCCN1CCCCC1C)NCc1ccccc1CN1CCCC1=O. The number of piperidine rings is 1. The maximum absolute atomic E-state index is 12.0. The maximum Gasteiger partial charge on any atom is 0.222 e. The van der Waals surface area contributed by atoms with Crippen molar-refractivity contribution in [1.82, 2.24) is 20.4 Å². The summed E-state index contributed by atoms with van der Waals surface area (Å²) in [4.78, 5) is 20.9. The monoisotopic (exact) mass is 399 g/mol. The molecule has 1 aromatic carbocycles. The molecule has 1 unspecified atom stereocenters. The largest absolute Gasteiger partial charge is 0.356 e. The number of carbonyl (C=O) groups is 1. The van der Waals surface area contributed by atoms with Crippen LogP contribution in [0.25, 0.3) is 0 Å². The molecule has 2 heterocycles. The van der Waals surface area contributed by atoms with E-state index in [1.165, 1.54) is 36.9 Å². The molecule has 0 saturated carbocycles. The Balaban J connectivity index is 1.43. The fourth-order valence-corrected chi connectivity index (χ4v) is 4.34. The molecule has 3 rings (SSSR count). The van der Waals surface area contributed by atoms with E-state index in [1.54, 1.807) is 0 Å². The molecule has 2 aliphatic heterocycles. The Hall–Kier alpha value is -2.08. The van der Waals surface area contributed by atoms with Gasteiger partial charge < -0.3 is 20.4 Å². The highest BCUT2D eigenvalue weighted by Gasteiger charge is 2.21. The quantitative estimate of drug-likeness (QED) is 0.401. The summed E-state index contributed by atoms with van der Waals surface area (Å²) in [6.07, 6.45) is 6.83. The third-order valence-electron chi connectivity index (χ3n) is 6.18. The third kappa shape index (κ3) is 6.46. The molecular weight excluding hydrogens is 362 g/mol. The number of guanidine groups is 1. The summed E-state index contributed by atoms with van der Waals surface area (Å²) in [7, 11) is 1.82. The van der Waals surface area contributed by atoms with Crippen LogP contribution in [0.2, 0.25) is 0 Å². The van der Waals surface area contributed by atoms with Crippen molar-refractivity contribution in [1.29, 1.82) is 0 Å². The van der Waals surface area contributed by atoms with E-state index >= 15 is 0 Å². The highest BCUT2D eigenvalue weighted by atomic mass is 16.2. The van der Waals surface area contributed by atoms with Crippen molar-refractivity contribution in [2.24, 2.45) is 4.99 Å².